The number of guanidine groups is 1. The van der Waals surface area contributed by atoms with Crippen molar-refractivity contribution in [2.24, 2.45) is 10.9 Å². The third-order valence-electron chi connectivity index (χ3n) is 3.09. The van der Waals surface area contributed by atoms with Gasteiger partial charge >= 0.3 is 0 Å². The van der Waals surface area contributed by atoms with Crippen LogP contribution in [0.1, 0.15) is 32.8 Å². The second-order valence-corrected chi connectivity index (χ2v) is 5.51. The van der Waals surface area contributed by atoms with Crippen LogP contribution >= 0.6 is 24.0 Å². The number of aliphatic imine (C=N–C) groups is 1. The number of hydrogen-bond acceptors (Lipinski definition) is 2. The van der Waals surface area contributed by atoms with Crippen molar-refractivity contribution >= 4 is 29.9 Å². The molecule has 6 heteroatoms. The van der Waals surface area contributed by atoms with Crippen LogP contribution in [0.5, 0.6) is 0 Å². The van der Waals surface area contributed by atoms with Crippen molar-refractivity contribution in [2.45, 2.75) is 33.7 Å². The molecule has 0 spiro atoms. The Kier molecular flexibility index (Phi) is 13.0. The predicted molar refractivity (Wildman–Crippen MR) is 105 cm³/mol. The molecule has 1 rings (SSSR count). The molecule has 0 aliphatic heterocycles. The molecule has 0 aliphatic carbocycles. The van der Waals surface area contributed by atoms with E-state index < -0.39 is 0 Å². The van der Waals surface area contributed by atoms with Crippen molar-refractivity contribution in [1.29, 1.82) is 0 Å². The molecule has 1 aromatic rings. The first kappa shape index (κ1) is 22.1. The summed E-state index contributed by atoms with van der Waals surface area (Å²) >= 11 is 0. The minimum Gasteiger partial charge on any atom is -0.380 e. The summed E-state index contributed by atoms with van der Waals surface area (Å²) in [5.74, 6) is 1.12. The molecule has 2 N–H and O–H groups in total. The summed E-state index contributed by atoms with van der Waals surface area (Å²) in [6.45, 7) is 9.54. The van der Waals surface area contributed by atoms with Crippen LogP contribution in [0, 0.1) is 11.7 Å². The van der Waals surface area contributed by atoms with Crippen molar-refractivity contribution < 1.29 is 9.13 Å². The number of nitrogens with zero attached hydrogens (tertiary/aromatic N) is 1. The normalized spacial score (nSPS) is 11.3. The van der Waals surface area contributed by atoms with Crippen molar-refractivity contribution in [3.05, 3.63) is 35.6 Å². The van der Waals surface area contributed by atoms with Crippen LogP contribution in [0.4, 0.5) is 4.39 Å². The third-order valence-corrected chi connectivity index (χ3v) is 3.09. The van der Waals surface area contributed by atoms with E-state index in [1.807, 2.05) is 13.0 Å². The van der Waals surface area contributed by atoms with Gasteiger partial charge in [-0.1, -0.05) is 32.0 Å². The van der Waals surface area contributed by atoms with Crippen LogP contribution in [-0.4, -0.2) is 32.3 Å². The first-order chi connectivity index (χ1) is 10.6. The smallest absolute Gasteiger partial charge is 0.191 e. The maximum absolute atomic E-state index is 13.6. The fourth-order valence-corrected chi connectivity index (χ4v) is 1.80. The lowest BCUT2D eigenvalue weighted by Crippen LogP contribution is -2.39. The topological polar surface area (TPSA) is 45.7 Å². The summed E-state index contributed by atoms with van der Waals surface area (Å²) in [5, 5.41) is 6.33. The third kappa shape index (κ3) is 10.5. The van der Waals surface area contributed by atoms with Gasteiger partial charge in [-0.2, -0.15) is 0 Å². The molecule has 0 saturated heterocycles. The summed E-state index contributed by atoms with van der Waals surface area (Å²) in [6, 6.07) is 6.70. The Labute approximate surface area is 156 Å². The minimum atomic E-state index is -0.223. The minimum absolute atomic E-state index is 0. The van der Waals surface area contributed by atoms with E-state index in [0.717, 1.165) is 19.6 Å². The number of ether oxygens (including phenoxy) is 1. The highest BCUT2D eigenvalue weighted by Crippen LogP contribution is 2.07. The van der Waals surface area contributed by atoms with Crippen molar-refractivity contribution in [1.82, 2.24) is 10.6 Å². The largest absolute Gasteiger partial charge is 0.380 e. The van der Waals surface area contributed by atoms with Gasteiger partial charge < -0.3 is 15.4 Å². The number of rotatable bonds is 9. The quantitative estimate of drug-likeness (QED) is 0.269. The van der Waals surface area contributed by atoms with Gasteiger partial charge in [0.15, 0.2) is 5.96 Å². The lowest BCUT2D eigenvalue weighted by molar-refractivity contribution is 0.128. The van der Waals surface area contributed by atoms with Crippen LogP contribution in [-0.2, 0) is 11.3 Å². The molecule has 0 aromatic heterocycles. The second-order valence-electron chi connectivity index (χ2n) is 5.51. The van der Waals surface area contributed by atoms with Gasteiger partial charge in [0.05, 0.1) is 13.2 Å². The summed E-state index contributed by atoms with van der Waals surface area (Å²) < 4.78 is 19.1. The maximum Gasteiger partial charge on any atom is 0.191 e. The van der Waals surface area contributed by atoms with Gasteiger partial charge in [-0.3, -0.25) is 0 Å². The first-order valence-electron chi connectivity index (χ1n) is 7.96. The zero-order chi connectivity index (χ0) is 16.2. The van der Waals surface area contributed by atoms with Gasteiger partial charge in [-0.15, -0.1) is 24.0 Å². The van der Waals surface area contributed by atoms with E-state index in [1.54, 1.807) is 12.1 Å². The molecule has 0 unspecified atom stereocenters. The van der Waals surface area contributed by atoms with Gasteiger partial charge in [-0.05, 0) is 25.3 Å². The molecular formula is C17H29FIN3O. The van der Waals surface area contributed by atoms with Crippen molar-refractivity contribution in [3.8, 4) is 0 Å². The molecule has 0 amide bonds. The Balaban J connectivity index is 0.00000484. The summed E-state index contributed by atoms with van der Waals surface area (Å²) in [7, 11) is 0. The highest BCUT2D eigenvalue weighted by Gasteiger charge is 2.01. The molecule has 1 aromatic carbocycles. The van der Waals surface area contributed by atoms with Gasteiger partial charge in [0.1, 0.15) is 5.82 Å². The highest BCUT2D eigenvalue weighted by molar-refractivity contribution is 14.0. The van der Waals surface area contributed by atoms with E-state index in [4.69, 9.17) is 4.74 Å². The summed E-state index contributed by atoms with van der Waals surface area (Å²) in [4.78, 5) is 4.39. The van der Waals surface area contributed by atoms with Gasteiger partial charge in [0.25, 0.3) is 0 Å². The number of halogens is 2. The molecule has 0 fully saturated rings. The molecule has 0 atom stereocenters. The Hall–Kier alpha value is -0.890. The second kappa shape index (κ2) is 13.5. The van der Waals surface area contributed by atoms with Crippen molar-refractivity contribution in [2.75, 3.05) is 26.3 Å². The van der Waals surface area contributed by atoms with E-state index in [-0.39, 0.29) is 29.8 Å². The summed E-state index contributed by atoms with van der Waals surface area (Å²) in [6.07, 6.45) is 1.07. The van der Waals surface area contributed by atoms with Crippen LogP contribution in [0.15, 0.2) is 29.3 Å². The number of hydrogen-bond donors (Lipinski definition) is 2. The SMILES string of the molecule is CCNC(=NCc1ccccc1F)NCCOCCC(C)C.I. The molecule has 132 valence electrons. The number of nitrogens with one attached hydrogen (secondary N) is 2. The van der Waals surface area contributed by atoms with Gasteiger partial charge in [-0.25, -0.2) is 9.38 Å². The molecule has 0 radical (unpaired) electrons. The average molecular weight is 437 g/mol. The molecule has 0 aliphatic rings. The Morgan fingerprint density at radius 3 is 2.61 bits per heavy atom. The molecule has 0 bridgehead atoms. The lowest BCUT2D eigenvalue weighted by Gasteiger charge is -2.12. The lowest BCUT2D eigenvalue weighted by atomic mass is 10.1. The number of benzene rings is 1. The van der Waals surface area contributed by atoms with Gasteiger partial charge in [0.2, 0.25) is 0 Å². The molecular weight excluding hydrogens is 408 g/mol. The fourth-order valence-electron chi connectivity index (χ4n) is 1.80. The van der Waals surface area contributed by atoms with E-state index in [1.165, 1.54) is 6.07 Å². The molecule has 0 saturated carbocycles. The Morgan fingerprint density at radius 1 is 1.22 bits per heavy atom. The Morgan fingerprint density at radius 2 is 1.96 bits per heavy atom. The fraction of sp³-hybridized carbons (Fsp3) is 0.588. The van der Waals surface area contributed by atoms with E-state index in [9.17, 15) is 4.39 Å². The van der Waals surface area contributed by atoms with Crippen LogP contribution in [0.3, 0.4) is 0 Å². The summed E-state index contributed by atoms with van der Waals surface area (Å²) in [5.41, 5.74) is 0.591. The zero-order valence-electron chi connectivity index (χ0n) is 14.3. The molecule has 4 nitrogen and oxygen atoms in total. The van der Waals surface area contributed by atoms with Gasteiger partial charge in [0, 0.05) is 25.3 Å². The first-order valence-corrected chi connectivity index (χ1v) is 7.96. The standard InChI is InChI=1S/C17H28FN3O.HI/c1-4-19-17(20-10-12-22-11-9-14(2)3)21-13-15-7-5-6-8-16(15)18;/h5-8,14H,4,9-13H2,1-3H3,(H2,19,20,21);1H. The molecule has 23 heavy (non-hydrogen) atoms. The van der Waals surface area contributed by atoms with E-state index in [2.05, 4.69) is 29.5 Å². The monoisotopic (exact) mass is 437 g/mol. The maximum atomic E-state index is 13.6. The Bertz CT molecular complexity index is 455. The van der Waals surface area contributed by atoms with Crippen molar-refractivity contribution in [3.63, 3.8) is 0 Å². The zero-order valence-corrected chi connectivity index (χ0v) is 16.6. The van der Waals surface area contributed by atoms with Crippen LogP contribution in [0.2, 0.25) is 0 Å². The molecule has 0 heterocycles. The highest BCUT2D eigenvalue weighted by atomic mass is 127. The van der Waals surface area contributed by atoms with E-state index in [0.29, 0.717) is 37.1 Å². The average Bonchev–Trinajstić information content (AvgIpc) is 2.49. The predicted octanol–water partition coefficient (Wildman–Crippen LogP) is 3.56. The van der Waals surface area contributed by atoms with E-state index >= 15 is 0 Å². The van der Waals surface area contributed by atoms with Crippen LogP contribution in [0.25, 0.3) is 0 Å². The van der Waals surface area contributed by atoms with Crippen LogP contribution < -0.4 is 10.6 Å².